The maximum absolute atomic E-state index is 9.41. The Labute approximate surface area is 87.7 Å². The molecule has 3 N–H and O–H groups in total. The summed E-state index contributed by atoms with van der Waals surface area (Å²) in [5.41, 5.74) is 8.74. The van der Waals surface area contributed by atoms with Gasteiger partial charge in [0.1, 0.15) is 5.75 Å². The first kappa shape index (κ1) is 8.56. The van der Waals surface area contributed by atoms with Gasteiger partial charge in [-0.3, -0.25) is 0 Å². The maximum atomic E-state index is 9.41. The first-order valence-electron chi connectivity index (χ1n) is 5.08. The summed E-state index contributed by atoms with van der Waals surface area (Å²) in [6.45, 7) is 0.937. The molecule has 0 bridgehead atoms. The van der Waals surface area contributed by atoms with Crippen molar-refractivity contribution in [2.24, 2.45) is 0 Å². The van der Waals surface area contributed by atoms with E-state index in [1.54, 1.807) is 12.1 Å². The predicted octanol–water partition coefficient (Wildman–Crippen LogP) is 2.02. The van der Waals surface area contributed by atoms with Gasteiger partial charge in [-0.15, -0.1) is 0 Å². The van der Waals surface area contributed by atoms with Crippen molar-refractivity contribution in [1.29, 1.82) is 0 Å². The van der Waals surface area contributed by atoms with Crippen molar-refractivity contribution in [3.05, 3.63) is 35.9 Å². The minimum absolute atomic E-state index is 0.323. The van der Waals surface area contributed by atoms with E-state index in [1.165, 1.54) is 10.9 Å². The van der Waals surface area contributed by atoms with Crippen LogP contribution in [-0.2, 0) is 6.42 Å². The topological polar surface area (TPSA) is 44.3 Å². The maximum Gasteiger partial charge on any atom is 0.116 e. The number of fused-ring (bicyclic) bond motifs is 3. The van der Waals surface area contributed by atoms with Crippen LogP contribution in [0.25, 0.3) is 10.8 Å². The summed E-state index contributed by atoms with van der Waals surface area (Å²) in [4.78, 5) is 0. The van der Waals surface area contributed by atoms with Crippen LogP contribution >= 0.6 is 0 Å². The molecule has 0 amide bonds. The number of phenols is 1. The van der Waals surface area contributed by atoms with Crippen molar-refractivity contribution in [2.75, 3.05) is 12.0 Å². The van der Waals surface area contributed by atoms with Gasteiger partial charge in [0, 0.05) is 6.54 Å². The summed E-state index contributed by atoms with van der Waals surface area (Å²) in [7, 11) is 0. The molecule has 2 aromatic rings. The highest BCUT2D eigenvalue weighted by Crippen LogP contribution is 2.29. The summed E-state index contributed by atoms with van der Waals surface area (Å²) in [5, 5.41) is 11.7. The standard InChI is InChI=1S/C12H12N2O/c15-9-2-3-10-8(7-9)1-4-12-11(10)5-6-13-14-12/h1-4,7,13-15H,5-6H2. The molecule has 3 nitrogen and oxygen atoms in total. The summed E-state index contributed by atoms with van der Waals surface area (Å²) in [5.74, 6) is 0.323. The number of aromatic hydroxyl groups is 1. The first-order chi connectivity index (χ1) is 7.34. The lowest BCUT2D eigenvalue weighted by molar-refractivity contribution is 0.476. The van der Waals surface area contributed by atoms with Crippen LogP contribution in [0, 0.1) is 0 Å². The molecule has 0 aliphatic carbocycles. The molecule has 1 heterocycles. The van der Waals surface area contributed by atoms with Gasteiger partial charge in [0.2, 0.25) is 0 Å². The van der Waals surface area contributed by atoms with E-state index in [0.29, 0.717) is 5.75 Å². The van der Waals surface area contributed by atoms with Crippen molar-refractivity contribution in [1.82, 2.24) is 5.43 Å². The molecule has 0 unspecified atom stereocenters. The fourth-order valence-corrected chi connectivity index (χ4v) is 2.11. The van der Waals surface area contributed by atoms with Gasteiger partial charge in [0.25, 0.3) is 0 Å². The summed E-state index contributed by atoms with van der Waals surface area (Å²) in [6, 6.07) is 9.59. The monoisotopic (exact) mass is 200 g/mol. The largest absolute Gasteiger partial charge is 0.508 e. The van der Waals surface area contributed by atoms with Gasteiger partial charge in [-0.2, -0.15) is 0 Å². The second-order valence-electron chi connectivity index (χ2n) is 3.80. The third-order valence-corrected chi connectivity index (χ3v) is 2.84. The number of rotatable bonds is 0. The SMILES string of the molecule is Oc1ccc2c3c(ccc2c1)NNCC3. The highest BCUT2D eigenvalue weighted by atomic mass is 16.3. The lowest BCUT2D eigenvalue weighted by Crippen LogP contribution is -2.29. The highest BCUT2D eigenvalue weighted by molar-refractivity contribution is 5.91. The molecule has 0 saturated heterocycles. The van der Waals surface area contributed by atoms with Crippen LogP contribution in [0.4, 0.5) is 5.69 Å². The quantitative estimate of drug-likeness (QED) is 0.609. The molecule has 3 heteroatoms. The van der Waals surface area contributed by atoms with Gasteiger partial charge in [-0.1, -0.05) is 12.1 Å². The molecular weight excluding hydrogens is 188 g/mol. The Bertz CT molecular complexity index is 522. The average Bonchev–Trinajstić information content (AvgIpc) is 2.28. The number of phenolic OH excluding ortho intramolecular Hbond substituents is 1. The van der Waals surface area contributed by atoms with Gasteiger partial charge in [0.15, 0.2) is 0 Å². The van der Waals surface area contributed by atoms with Gasteiger partial charge >= 0.3 is 0 Å². The Morgan fingerprint density at radius 2 is 2.07 bits per heavy atom. The zero-order valence-electron chi connectivity index (χ0n) is 8.25. The Morgan fingerprint density at radius 1 is 1.13 bits per heavy atom. The zero-order valence-corrected chi connectivity index (χ0v) is 8.25. The van der Waals surface area contributed by atoms with Gasteiger partial charge in [-0.05, 0) is 41.0 Å². The van der Waals surface area contributed by atoms with Crippen molar-refractivity contribution < 1.29 is 5.11 Å². The Hall–Kier alpha value is -1.74. The minimum Gasteiger partial charge on any atom is -0.508 e. The molecule has 3 rings (SSSR count). The number of hydrogen-bond donors (Lipinski definition) is 3. The van der Waals surface area contributed by atoms with Crippen molar-refractivity contribution in [3.8, 4) is 5.75 Å². The smallest absolute Gasteiger partial charge is 0.116 e. The van der Waals surface area contributed by atoms with Crippen LogP contribution in [0.1, 0.15) is 5.56 Å². The molecule has 0 radical (unpaired) electrons. The number of benzene rings is 2. The van der Waals surface area contributed by atoms with Gasteiger partial charge in [-0.25, -0.2) is 5.43 Å². The molecule has 0 spiro atoms. The van der Waals surface area contributed by atoms with Crippen LogP contribution in [0.3, 0.4) is 0 Å². The van der Waals surface area contributed by atoms with E-state index in [0.717, 1.165) is 24.0 Å². The number of hydrogen-bond acceptors (Lipinski definition) is 3. The highest BCUT2D eigenvalue weighted by Gasteiger charge is 2.11. The fourth-order valence-electron chi connectivity index (χ4n) is 2.11. The average molecular weight is 200 g/mol. The Morgan fingerprint density at radius 3 is 3.00 bits per heavy atom. The summed E-state index contributed by atoms with van der Waals surface area (Å²) < 4.78 is 0. The van der Waals surface area contributed by atoms with E-state index >= 15 is 0 Å². The van der Waals surface area contributed by atoms with Crippen molar-refractivity contribution in [3.63, 3.8) is 0 Å². The molecule has 2 aromatic carbocycles. The first-order valence-corrected chi connectivity index (χ1v) is 5.08. The van der Waals surface area contributed by atoms with Crippen LogP contribution in [0.2, 0.25) is 0 Å². The molecule has 76 valence electrons. The van der Waals surface area contributed by atoms with E-state index in [2.05, 4.69) is 10.9 Å². The van der Waals surface area contributed by atoms with Crippen LogP contribution in [-0.4, -0.2) is 11.7 Å². The van der Waals surface area contributed by atoms with E-state index in [9.17, 15) is 5.11 Å². The molecule has 0 saturated carbocycles. The molecule has 15 heavy (non-hydrogen) atoms. The van der Waals surface area contributed by atoms with Crippen molar-refractivity contribution >= 4 is 16.5 Å². The fraction of sp³-hybridized carbons (Fsp3) is 0.167. The normalized spacial score (nSPS) is 14.7. The molecule has 1 aliphatic heterocycles. The molecule has 0 aromatic heterocycles. The van der Waals surface area contributed by atoms with Crippen LogP contribution in [0.5, 0.6) is 5.75 Å². The van der Waals surface area contributed by atoms with E-state index in [4.69, 9.17) is 0 Å². The van der Waals surface area contributed by atoms with E-state index in [1.807, 2.05) is 18.2 Å². The molecule has 0 atom stereocenters. The minimum atomic E-state index is 0.323. The second kappa shape index (κ2) is 3.14. The van der Waals surface area contributed by atoms with E-state index < -0.39 is 0 Å². The van der Waals surface area contributed by atoms with E-state index in [-0.39, 0.29) is 0 Å². The van der Waals surface area contributed by atoms with Crippen LogP contribution in [0.15, 0.2) is 30.3 Å². The summed E-state index contributed by atoms with van der Waals surface area (Å²) in [6.07, 6.45) is 1.02. The number of hydrazine groups is 1. The lowest BCUT2D eigenvalue weighted by atomic mass is 9.99. The van der Waals surface area contributed by atoms with Crippen LogP contribution < -0.4 is 10.9 Å². The zero-order chi connectivity index (χ0) is 10.3. The Kier molecular flexibility index (Phi) is 1.79. The Balaban J connectivity index is 2.32. The second-order valence-corrected chi connectivity index (χ2v) is 3.80. The predicted molar refractivity (Wildman–Crippen MR) is 60.9 cm³/mol. The summed E-state index contributed by atoms with van der Waals surface area (Å²) >= 11 is 0. The van der Waals surface area contributed by atoms with Crippen molar-refractivity contribution in [2.45, 2.75) is 6.42 Å². The molecular formula is C12H12N2O. The number of anilines is 1. The van der Waals surface area contributed by atoms with Gasteiger partial charge in [0.05, 0.1) is 5.69 Å². The third-order valence-electron chi connectivity index (χ3n) is 2.84. The third kappa shape index (κ3) is 1.32. The molecule has 0 fully saturated rings. The number of nitrogens with one attached hydrogen (secondary N) is 2. The lowest BCUT2D eigenvalue weighted by Gasteiger charge is -2.20. The molecule has 1 aliphatic rings. The van der Waals surface area contributed by atoms with Gasteiger partial charge < -0.3 is 10.5 Å².